The average molecular weight is 354 g/mol. The monoisotopic (exact) mass is 354 g/mol. The highest BCUT2D eigenvalue weighted by molar-refractivity contribution is 6.04. The largest absolute Gasteiger partial charge is 0.497 e. The van der Waals surface area contributed by atoms with Crippen molar-refractivity contribution in [3.8, 4) is 5.75 Å². The van der Waals surface area contributed by atoms with Gasteiger partial charge in [0.2, 0.25) is 0 Å². The molecule has 0 saturated heterocycles. The summed E-state index contributed by atoms with van der Waals surface area (Å²) in [6.45, 7) is 0.752. The number of aryl methyl sites for hydroxylation is 1. The van der Waals surface area contributed by atoms with Gasteiger partial charge in [-0.05, 0) is 60.9 Å². The second-order valence-corrected chi connectivity index (χ2v) is 6.11. The van der Waals surface area contributed by atoms with Gasteiger partial charge in [0.25, 0.3) is 11.8 Å². The van der Waals surface area contributed by atoms with Crippen molar-refractivity contribution in [1.29, 1.82) is 0 Å². The normalized spacial score (nSPS) is 13.1. The minimum atomic E-state index is -0.185. The van der Waals surface area contributed by atoms with E-state index in [-0.39, 0.29) is 18.4 Å². The Balaban J connectivity index is 1.75. The van der Waals surface area contributed by atoms with Crippen molar-refractivity contribution < 1.29 is 19.1 Å². The van der Waals surface area contributed by atoms with Crippen LogP contribution in [0.3, 0.4) is 0 Å². The van der Waals surface area contributed by atoms with Crippen molar-refractivity contribution in [3.63, 3.8) is 0 Å². The Kier molecular flexibility index (Phi) is 5.53. The summed E-state index contributed by atoms with van der Waals surface area (Å²) in [5.74, 6) is 0.468. The first kappa shape index (κ1) is 17.9. The third-order valence-corrected chi connectivity index (χ3v) is 4.38. The number of methoxy groups -OCH3 is 2. The molecule has 1 aliphatic rings. The number of carbonyl (C=O) groups is 2. The molecular weight excluding hydrogens is 332 g/mol. The third-order valence-electron chi connectivity index (χ3n) is 4.38. The van der Waals surface area contributed by atoms with Gasteiger partial charge in [-0.15, -0.1) is 0 Å². The van der Waals surface area contributed by atoms with Crippen molar-refractivity contribution in [2.24, 2.45) is 0 Å². The molecule has 2 aromatic rings. The van der Waals surface area contributed by atoms with E-state index in [1.165, 1.54) is 7.11 Å². The van der Waals surface area contributed by atoms with Crippen LogP contribution in [-0.4, -0.2) is 39.2 Å². The zero-order valence-electron chi connectivity index (χ0n) is 15.0. The molecule has 0 fully saturated rings. The molecule has 6 nitrogen and oxygen atoms in total. The smallest absolute Gasteiger partial charge is 0.255 e. The summed E-state index contributed by atoms with van der Waals surface area (Å²) in [6.07, 6.45) is 1.76. The number of amides is 2. The molecule has 0 spiro atoms. The van der Waals surface area contributed by atoms with Crippen LogP contribution < -0.4 is 15.0 Å². The number of rotatable bonds is 5. The van der Waals surface area contributed by atoms with Crippen molar-refractivity contribution in [2.75, 3.05) is 37.6 Å². The maximum atomic E-state index is 12.4. The van der Waals surface area contributed by atoms with Gasteiger partial charge < -0.3 is 19.7 Å². The van der Waals surface area contributed by atoms with E-state index < -0.39 is 0 Å². The van der Waals surface area contributed by atoms with Crippen LogP contribution in [-0.2, 0) is 16.0 Å². The van der Waals surface area contributed by atoms with Gasteiger partial charge >= 0.3 is 0 Å². The maximum absolute atomic E-state index is 12.4. The number of hydrogen-bond acceptors (Lipinski definition) is 4. The summed E-state index contributed by atoms with van der Waals surface area (Å²) < 4.78 is 10.1. The molecule has 26 heavy (non-hydrogen) atoms. The number of hydrogen-bond donors (Lipinski definition) is 1. The van der Waals surface area contributed by atoms with Crippen LogP contribution in [0.15, 0.2) is 42.5 Å². The van der Waals surface area contributed by atoms with Gasteiger partial charge in [-0.25, -0.2) is 0 Å². The van der Waals surface area contributed by atoms with Crippen LogP contribution >= 0.6 is 0 Å². The fourth-order valence-corrected chi connectivity index (χ4v) is 3.08. The first-order valence-corrected chi connectivity index (χ1v) is 8.50. The van der Waals surface area contributed by atoms with E-state index in [4.69, 9.17) is 9.47 Å². The van der Waals surface area contributed by atoms with Crippen molar-refractivity contribution in [3.05, 3.63) is 53.6 Å². The predicted octanol–water partition coefficient (Wildman–Crippen LogP) is 2.87. The van der Waals surface area contributed by atoms with Crippen LogP contribution in [0, 0.1) is 0 Å². The Labute approximate surface area is 152 Å². The fourth-order valence-electron chi connectivity index (χ4n) is 3.08. The lowest BCUT2D eigenvalue weighted by Crippen LogP contribution is -2.37. The molecule has 2 aromatic carbocycles. The number of fused-ring (bicyclic) bond motifs is 1. The lowest BCUT2D eigenvalue weighted by atomic mass is 10.0. The molecule has 1 heterocycles. The highest BCUT2D eigenvalue weighted by Gasteiger charge is 2.22. The Hall–Kier alpha value is -2.86. The van der Waals surface area contributed by atoms with Crippen LogP contribution in [0.4, 0.5) is 11.4 Å². The highest BCUT2D eigenvalue weighted by Crippen LogP contribution is 2.30. The fraction of sp³-hybridized carbons (Fsp3) is 0.300. The minimum Gasteiger partial charge on any atom is -0.497 e. The molecule has 6 heteroatoms. The minimum absolute atomic E-state index is 0.0523. The molecule has 0 aliphatic carbocycles. The van der Waals surface area contributed by atoms with Gasteiger partial charge in [-0.3, -0.25) is 9.59 Å². The van der Waals surface area contributed by atoms with Gasteiger partial charge in [0.1, 0.15) is 12.4 Å². The number of nitrogens with one attached hydrogen (secondary N) is 1. The molecule has 0 atom stereocenters. The molecule has 2 amide bonds. The first-order valence-electron chi connectivity index (χ1n) is 8.50. The van der Waals surface area contributed by atoms with E-state index >= 15 is 0 Å². The third kappa shape index (κ3) is 3.86. The number of anilines is 2. The van der Waals surface area contributed by atoms with Gasteiger partial charge in [-0.2, -0.15) is 0 Å². The van der Waals surface area contributed by atoms with Crippen molar-refractivity contribution in [1.82, 2.24) is 0 Å². The molecule has 0 aromatic heterocycles. The van der Waals surface area contributed by atoms with Crippen LogP contribution in [0.5, 0.6) is 5.75 Å². The molecule has 0 bridgehead atoms. The van der Waals surface area contributed by atoms with Gasteiger partial charge in [0, 0.05) is 30.6 Å². The number of nitrogens with zero attached hydrogens (tertiary/aromatic N) is 1. The standard InChI is InChI=1S/C20H22N2O4/c1-25-13-19(23)22-11-3-4-15-12-16(7-10-18(15)22)21-20(24)14-5-8-17(26-2)9-6-14/h5-10,12H,3-4,11,13H2,1-2H3,(H,21,24). The van der Waals surface area contributed by atoms with Gasteiger partial charge in [-0.1, -0.05) is 0 Å². The first-order chi connectivity index (χ1) is 12.6. The lowest BCUT2D eigenvalue weighted by molar-refractivity contribution is -0.122. The lowest BCUT2D eigenvalue weighted by Gasteiger charge is -2.29. The zero-order valence-corrected chi connectivity index (χ0v) is 15.0. The molecule has 136 valence electrons. The topological polar surface area (TPSA) is 67.9 Å². The van der Waals surface area contributed by atoms with E-state index in [9.17, 15) is 9.59 Å². The van der Waals surface area contributed by atoms with Gasteiger partial charge in [0.05, 0.1) is 7.11 Å². The van der Waals surface area contributed by atoms with Crippen LogP contribution in [0.2, 0.25) is 0 Å². The average Bonchev–Trinajstić information content (AvgIpc) is 2.67. The summed E-state index contributed by atoms with van der Waals surface area (Å²) in [5, 5.41) is 2.91. The number of carbonyl (C=O) groups excluding carboxylic acids is 2. The van der Waals surface area contributed by atoms with Crippen LogP contribution in [0.1, 0.15) is 22.3 Å². The SMILES string of the molecule is COCC(=O)N1CCCc2cc(NC(=O)c3ccc(OC)cc3)ccc21. The predicted molar refractivity (Wildman–Crippen MR) is 99.9 cm³/mol. The van der Waals surface area contributed by atoms with Crippen LogP contribution in [0.25, 0.3) is 0 Å². The van der Waals surface area contributed by atoms with Gasteiger partial charge in [0.15, 0.2) is 0 Å². The molecule has 0 radical (unpaired) electrons. The second-order valence-electron chi connectivity index (χ2n) is 6.11. The summed E-state index contributed by atoms with van der Waals surface area (Å²) >= 11 is 0. The Bertz CT molecular complexity index is 802. The van der Waals surface area contributed by atoms with E-state index in [0.29, 0.717) is 23.5 Å². The molecule has 3 rings (SSSR count). The van der Waals surface area contributed by atoms with Crippen molar-refractivity contribution in [2.45, 2.75) is 12.8 Å². The Morgan fingerprint density at radius 1 is 1.12 bits per heavy atom. The molecular formula is C20H22N2O4. The number of ether oxygens (including phenoxy) is 2. The molecule has 0 saturated carbocycles. The van der Waals surface area contributed by atoms with E-state index in [0.717, 1.165) is 24.1 Å². The maximum Gasteiger partial charge on any atom is 0.255 e. The molecule has 0 unspecified atom stereocenters. The Morgan fingerprint density at radius 2 is 1.88 bits per heavy atom. The van der Waals surface area contributed by atoms with E-state index in [2.05, 4.69) is 5.32 Å². The van der Waals surface area contributed by atoms with E-state index in [1.54, 1.807) is 36.3 Å². The second kappa shape index (κ2) is 8.01. The summed E-state index contributed by atoms with van der Waals surface area (Å²) in [6, 6.07) is 12.6. The summed E-state index contributed by atoms with van der Waals surface area (Å²) in [4.78, 5) is 26.3. The zero-order chi connectivity index (χ0) is 18.5. The number of benzene rings is 2. The van der Waals surface area contributed by atoms with E-state index in [1.807, 2.05) is 18.2 Å². The highest BCUT2D eigenvalue weighted by atomic mass is 16.5. The van der Waals surface area contributed by atoms with Crippen molar-refractivity contribution >= 4 is 23.2 Å². The molecule has 1 N–H and O–H groups in total. The summed E-state index contributed by atoms with van der Waals surface area (Å²) in [7, 11) is 3.10. The quantitative estimate of drug-likeness (QED) is 0.896. The Morgan fingerprint density at radius 3 is 2.58 bits per heavy atom. The summed E-state index contributed by atoms with van der Waals surface area (Å²) in [5.41, 5.74) is 3.21. The molecule has 1 aliphatic heterocycles.